The first-order valence-corrected chi connectivity index (χ1v) is 12.4. The van der Waals surface area contributed by atoms with Crippen molar-refractivity contribution in [2.45, 2.75) is 37.3 Å². The molecule has 10 heteroatoms. The lowest BCUT2D eigenvalue weighted by atomic mass is 10.1. The first-order valence-electron chi connectivity index (χ1n) is 9.93. The highest BCUT2D eigenvalue weighted by Crippen LogP contribution is 2.26. The molecule has 0 spiro atoms. The van der Waals surface area contributed by atoms with Crippen LogP contribution < -0.4 is 5.32 Å². The Labute approximate surface area is 189 Å². The number of aromatic nitrogens is 3. The van der Waals surface area contributed by atoms with Gasteiger partial charge in [-0.15, -0.1) is 11.3 Å². The second-order valence-electron chi connectivity index (χ2n) is 7.54. The van der Waals surface area contributed by atoms with Crippen molar-refractivity contribution in [2.24, 2.45) is 0 Å². The number of aryl methyl sites for hydroxylation is 1. The Kier molecular flexibility index (Phi) is 5.98. The predicted octanol–water partition coefficient (Wildman–Crippen LogP) is 4.26. The van der Waals surface area contributed by atoms with Gasteiger partial charge in [0.05, 0.1) is 28.5 Å². The van der Waals surface area contributed by atoms with Crippen LogP contribution in [0.1, 0.15) is 25.1 Å². The van der Waals surface area contributed by atoms with Crippen molar-refractivity contribution in [1.82, 2.24) is 14.8 Å². The van der Waals surface area contributed by atoms with Crippen molar-refractivity contribution < 1.29 is 17.6 Å². The molecule has 1 N–H and O–H groups in total. The third kappa shape index (κ3) is 4.51. The third-order valence-electron chi connectivity index (χ3n) is 4.78. The summed E-state index contributed by atoms with van der Waals surface area (Å²) in [5.41, 5.74) is 2.14. The number of rotatable bonds is 7. The van der Waals surface area contributed by atoms with Crippen molar-refractivity contribution in [2.75, 3.05) is 5.32 Å². The van der Waals surface area contributed by atoms with Crippen molar-refractivity contribution in [3.63, 3.8) is 0 Å². The second kappa shape index (κ2) is 8.71. The average molecular weight is 471 g/mol. The molecule has 0 unspecified atom stereocenters. The van der Waals surface area contributed by atoms with E-state index in [-0.39, 0.29) is 17.2 Å². The van der Waals surface area contributed by atoms with Gasteiger partial charge >= 0.3 is 0 Å². The van der Waals surface area contributed by atoms with Gasteiger partial charge in [-0.3, -0.25) is 4.79 Å². The van der Waals surface area contributed by atoms with E-state index in [1.54, 1.807) is 49.1 Å². The molecule has 4 rings (SSSR count). The summed E-state index contributed by atoms with van der Waals surface area (Å²) in [6, 6.07) is 11.8. The smallest absolute Gasteiger partial charge is 0.229 e. The molecule has 3 aromatic heterocycles. The summed E-state index contributed by atoms with van der Waals surface area (Å²) < 4.78 is 31.5. The van der Waals surface area contributed by atoms with Gasteiger partial charge in [-0.25, -0.2) is 13.4 Å². The molecule has 0 fully saturated rings. The minimum absolute atomic E-state index is 0.0990. The first-order chi connectivity index (χ1) is 15.2. The highest BCUT2D eigenvalue weighted by atomic mass is 32.2. The van der Waals surface area contributed by atoms with E-state index in [0.29, 0.717) is 28.0 Å². The monoisotopic (exact) mass is 470 g/mol. The summed E-state index contributed by atoms with van der Waals surface area (Å²) >= 11 is 1.39. The summed E-state index contributed by atoms with van der Waals surface area (Å²) in [5.74, 6) is 0.921. The molecule has 166 valence electrons. The van der Waals surface area contributed by atoms with Gasteiger partial charge in [-0.2, -0.15) is 9.78 Å². The van der Waals surface area contributed by atoms with Crippen LogP contribution in [0.5, 0.6) is 0 Å². The lowest BCUT2D eigenvalue weighted by Gasteiger charge is -2.09. The van der Waals surface area contributed by atoms with Crippen LogP contribution in [-0.2, 0) is 21.1 Å². The van der Waals surface area contributed by atoms with E-state index in [1.165, 1.54) is 23.5 Å². The van der Waals surface area contributed by atoms with E-state index in [2.05, 4.69) is 15.4 Å². The van der Waals surface area contributed by atoms with Crippen molar-refractivity contribution in [3.05, 3.63) is 65.4 Å². The summed E-state index contributed by atoms with van der Waals surface area (Å²) in [6.45, 7) is 5.12. The molecular weight excluding hydrogens is 448 g/mol. The third-order valence-corrected chi connectivity index (χ3v) is 7.77. The van der Waals surface area contributed by atoms with Crippen LogP contribution in [0.15, 0.2) is 63.4 Å². The molecule has 0 atom stereocenters. The number of thiazole rings is 1. The van der Waals surface area contributed by atoms with Crippen LogP contribution in [-0.4, -0.2) is 34.3 Å². The predicted molar refractivity (Wildman–Crippen MR) is 123 cm³/mol. The number of nitrogens with one attached hydrogen (secondary N) is 1. The molecule has 3 heterocycles. The standard InChI is InChI=1S/C22H22N4O4S2/c1-14(2)32(28,29)17-8-6-16(7-9-17)12-21(27)24-20-11-15(3)25-26(20)22-23-18(13-31-22)19-5-4-10-30-19/h4-11,13-14H,12H2,1-3H3,(H,24,27). The lowest BCUT2D eigenvalue weighted by Crippen LogP contribution is -2.17. The average Bonchev–Trinajstić information content (AvgIpc) is 3.48. The maximum Gasteiger partial charge on any atom is 0.229 e. The van der Waals surface area contributed by atoms with Crippen molar-refractivity contribution in [3.8, 4) is 16.6 Å². The summed E-state index contributed by atoms with van der Waals surface area (Å²) in [6.07, 6.45) is 1.69. The molecule has 0 saturated heterocycles. The van der Waals surface area contributed by atoms with Crippen LogP contribution in [0, 0.1) is 6.92 Å². The second-order valence-corrected chi connectivity index (χ2v) is 10.9. The highest BCUT2D eigenvalue weighted by Gasteiger charge is 2.19. The number of sulfone groups is 1. The summed E-state index contributed by atoms with van der Waals surface area (Å²) in [4.78, 5) is 17.5. The van der Waals surface area contributed by atoms with Crippen LogP contribution >= 0.6 is 11.3 Å². The molecule has 0 saturated carbocycles. The molecule has 0 radical (unpaired) electrons. The minimum atomic E-state index is -3.34. The fourth-order valence-corrected chi connectivity index (χ4v) is 4.91. The van der Waals surface area contributed by atoms with Crippen LogP contribution in [0.25, 0.3) is 16.6 Å². The van der Waals surface area contributed by atoms with Crippen molar-refractivity contribution >= 4 is 32.9 Å². The van der Waals surface area contributed by atoms with E-state index in [1.807, 2.05) is 18.4 Å². The number of anilines is 1. The minimum Gasteiger partial charge on any atom is -0.463 e. The fraction of sp³-hybridized carbons (Fsp3) is 0.227. The SMILES string of the molecule is Cc1cc(NC(=O)Cc2ccc(S(=O)(=O)C(C)C)cc2)n(-c2nc(-c3ccco3)cs2)n1. The number of hydrogen-bond donors (Lipinski definition) is 1. The number of furan rings is 1. The summed E-state index contributed by atoms with van der Waals surface area (Å²) in [5, 5.41) is 9.28. The molecule has 32 heavy (non-hydrogen) atoms. The van der Waals surface area contributed by atoms with Gasteiger partial charge in [0.15, 0.2) is 15.6 Å². The first kappa shape index (κ1) is 22.0. The van der Waals surface area contributed by atoms with E-state index in [9.17, 15) is 13.2 Å². The van der Waals surface area contributed by atoms with Gasteiger partial charge in [-0.05, 0) is 50.6 Å². The normalized spacial score (nSPS) is 11.8. The fourth-order valence-electron chi connectivity index (χ4n) is 3.07. The zero-order chi connectivity index (χ0) is 22.9. The van der Waals surface area contributed by atoms with Crippen LogP contribution in [0.4, 0.5) is 5.82 Å². The number of nitrogens with zero attached hydrogens (tertiary/aromatic N) is 3. The van der Waals surface area contributed by atoms with E-state index in [0.717, 1.165) is 5.69 Å². The Morgan fingerprint density at radius 3 is 2.62 bits per heavy atom. The van der Waals surface area contributed by atoms with Gasteiger partial charge in [0.1, 0.15) is 11.5 Å². The highest BCUT2D eigenvalue weighted by molar-refractivity contribution is 7.92. The molecule has 1 amide bonds. The Morgan fingerprint density at radius 1 is 1.22 bits per heavy atom. The molecule has 1 aromatic carbocycles. The largest absolute Gasteiger partial charge is 0.463 e. The zero-order valence-electron chi connectivity index (χ0n) is 17.8. The Bertz CT molecular complexity index is 1330. The maximum absolute atomic E-state index is 12.7. The summed E-state index contributed by atoms with van der Waals surface area (Å²) in [7, 11) is -3.34. The van der Waals surface area contributed by atoms with Gasteiger partial charge in [0.25, 0.3) is 0 Å². The molecule has 8 nitrogen and oxygen atoms in total. The molecule has 4 aromatic rings. The number of hydrogen-bond acceptors (Lipinski definition) is 7. The Hall–Kier alpha value is -3.24. The van der Waals surface area contributed by atoms with Crippen LogP contribution in [0.2, 0.25) is 0 Å². The Balaban J connectivity index is 1.49. The number of carbonyl (C=O) groups excluding carboxylic acids is 1. The van der Waals surface area contributed by atoms with Gasteiger partial charge < -0.3 is 9.73 Å². The molecule has 0 aliphatic carbocycles. The molecule has 0 aliphatic heterocycles. The molecular formula is C22H22N4O4S2. The molecule has 0 aliphatic rings. The maximum atomic E-state index is 12.7. The topological polar surface area (TPSA) is 107 Å². The number of amides is 1. The van der Waals surface area contributed by atoms with Crippen molar-refractivity contribution in [1.29, 1.82) is 0 Å². The lowest BCUT2D eigenvalue weighted by molar-refractivity contribution is -0.115. The quantitative estimate of drug-likeness (QED) is 0.432. The van der Waals surface area contributed by atoms with Gasteiger partial charge in [0.2, 0.25) is 11.0 Å². The number of benzene rings is 1. The Morgan fingerprint density at radius 2 is 1.97 bits per heavy atom. The van der Waals surface area contributed by atoms with E-state index >= 15 is 0 Å². The molecule has 0 bridgehead atoms. The van der Waals surface area contributed by atoms with Gasteiger partial charge in [0, 0.05) is 11.4 Å². The van der Waals surface area contributed by atoms with Gasteiger partial charge in [-0.1, -0.05) is 12.1 Å². The van der Waals surface area contributed by atoms with E-state index < -0.39 is 15.1 Å². The zero-order valence-corrected chi connectivity index (χ0v) is 19.4. The van der Waals surface area contributed by atoms with E-state index in [4.69, 9.17) is 4.42 Å². The van der Waals surface area contributed by atoms with Crippen LogP contribution in [0.3, 0.4) is 0 Å². The number of carbonyl (C=O) groups is 1.